The average Bonchev–Trinajstić information content (AvgIpc) is 3.03. The molecule has 136 valence electrons. The van der Waals surface area contributed by atoms with Gasteiger partial charge in [0, 0.05) is 36.2 Å². The molecule has 2 N–H and O–H groups in total. The molecule has 1 aliphatic heterocycles. The van der Waals surface area contributed by atoms with Crippen molar-refractivity contribution < 1.29 is 4.79 Å². The molecule has 1 aromatic rings. The van der Waals surface area contributed by atoms with Gasteiger partial charge in [-0.05, 0) is 49.8 Å². The zero-order valence-electron chi connectivity index (χ0n) is 14.9. The second-order valence-corrected chi connectivity index (χ2v) is 7.94. The minimum absolute atomic E-state index is 0.0592. The number of hydrogen-bond donors (Lipinski definition) is 2. The van der Waals surface area contributed by atoms with E-state index in [1.807, 2.05) is 24.3 Å². The average molecular weight is 407 g/mol. The number of benzene rings is 1. The summed E-state index contributed by atoms with van der Waals surface area (Å²) in [5.74, 6) is 0.930. The van der Waals surface area contributed by atoms with Gasteiger partial charge in [-0.1, -0.05) is 28.4 Å². The maximum absolute atomic E-state index is 12.1. The molecule has 2 aliphatic rings. The first-order chi connectivity index (χ1) is 12.1. The number of hydrogen-bond acceptors (Lipinski definition) is 2. The van der Waals surface area contributed by atoms with Crippen LogP contribution in [0.5, 0.6) is 0 Å². The summed E-state index contributed by atoms with van der Waals surface area (Å²) in [6, 6.07) is 7.42. The fourth-order valence-electron chi connectivity index (χ4n) is 3.69. The number of rotatable bonds is 5. The van der Waals surface area contributed by atoms with Crippen LogP contribution in [-0.2, 0) is 0 Å². The van der Waals surface area contributed by atoms with Gasteiger partial charge in [0.05, 0.1) is 6.54 Å². The molecule has 1 amide bonds. The molecule has 1 aliphatic carbocycles. The zero-order valence-corrected chi connectivity index (χ0v) is 16.4. The van der Waals surface area contributed by atoms with Crippen molar-refractivity contribution >= 4 is 27.8 Å². The molecule has 1 heterocycles. The van der Waals surface area contributed by atoms with Crippen LogP contribution in [0.2, 0.25) is 0 Å². The standard InChI is InChI=1S/C19H27BrN4O/c1-2-21-18(24-12-9-19(14-24)7-4-8-19)23-11-10-22-17(25)15-5-3-6-16(20)13-15/h3,5-6,13H,2,4,7-12,14H2,1H3,(H,21,23)(H,22,25). The highest BCUT2D eigenvalue weighted by molar-refractivity contribution is 9.10. The second kappa shape index (κ2) is 8.21. The number of likely N-dealkylation sites (tertiary alicyclic amines) is 1. The van der Waals surface area contributed by atoms with Crippen molar-refractivity contribution in [3.05, 3.63) is 34.3 Å². The Morgan fingerprint density at radius 3 is 2.80 bits per heavy atom. The number of carbonyl (C=O) groups excluding carboxylic acids is 1. The molecule has 1 saturated carbocycles. The van der Waals surface area contributed by atoms with Gasteiger partial charge in [-0.15, -0.1) is 0 Å². The maximum atomic E-state index is 12.1. The van der Waals surface area contributed by atoms with E-state index < -0.39 is 0 Å². The van der Waals surface area contributed by atoms with Crippen LogP contribution in [0.4, 0.5) is 0 Å². The smallest absolute Gasteiger partial charge is 0.251 e. The van der Waals surface area contributed by atoms with E-state index in [0.29, 0.717) is 24.1 Å². The Kier molecular flexibility index (Phi) is 5.99. The molecule has 3 rings (SSSR count). The van der Waals surface area contributed by atoms with Crippen LogP contribution in [-0.4, -0.2) is 49.5 Å². The molecule has 0 bridgehead atoms. The van der Waals surface area contributed by atoms with Crippen LogP contribution in [0.25, 0.3) is 0 Å². The van der Waals surface area contributed by atoms with Gasteiger partial charge in [0.1, 0.15) is 0 Å². The van der Waals surface area contributed by atoms with Gasteiger partial charge >= 0.3 is 0 Å². The van der Waals surface area contributed by atoms with Crippen molar-refractivity contribution in [1.82, 2.24) is 15.5 Å². The zero-order chi connectivity index (χ0) is 17.7. The lowest BCUT2D eigenvalue weighted by Crippen LogP contribution is -2.43. The highest BCUT2D eigenvalue weighted by atomic mass is 79.9. The molecule has 6 heteroatoms. The van der Waals surface area contributed by atoms with Crippen LogP contribution in [0.1, 0.15) is 43.0 Å². The van der Waals surface area contributed by atoms with Gasteiger partial charge < -0.3 is 15.5 Å². The normalized spacial score (nSPS) is 19.0. The van der Waals surface area contributed by atoms with Gasteiger partial charge in [-0.2, -0.15) is 0 Å². The second-order valence-electron chi connectivity index (χ2n) is 7.03. The van der Waals surface area contributed by atoms with E-state index in [1.54, 1.807) is 0 Å². The Labute approximate surface area is 158 Å². The Hall–Kier alpha value is -1.56. The van der Waals surface area contributed by atoms with Crippen LogP contribution < -0.4 is 10.6 Å². The number of carbonyl (C=O) groups is 1. The topological polar surface area (TPSA) is 56.7 Å². The lowest BCUT2D eigenvalue weighted by atomic mass is 9.68. The summed E-state index contributed by atoms with van der Waals surface area (Å²) in [6.07, 6.45) is 5.40. The number of nitrogens with zero attached hydrogens (tertiary/aromatic N) is 2. The molecule has 2 fully saturated rings. The van der Waals surface area contributed by atoms with Gasteiger partial charge in [-0.25, -0.2) is 0 Å². The molecular formula is C19H27BrN4O. The largest absolute Gasteiger partial charge is 0.357 e. The highest BCUT2D eigenvalue weighted by Crippen LogP contribution is 2.47. The predicted molar refractivity (Wildman–Crippen MR) is 105 cm³/mol. The number of guanidine groups is 1. The van der Waals surface area contributed by atoms with Crippen molar-refractivity contribution in [2.24, 2.45) is 10.4 Å². The first-order valence-corrected chi connectivity index (χ1v) is 9.98. The van der Waals surface area contributed by atoms with Crippen LogP contribution in [0.3, 0.4) is 0 Å². The van der Waals surface area contributed by atoms with E-state index in [4.69, 9.17) is 4.99 Å². The lowest BCUT2D eigenvalue weighted by Gasteiger charge is -2.38. The summed E-state index contributed by atoms with van der Waals surface area (Å²) < 4.78 is 0.909. The number of aliphatic imine (C=N–C) groups is 1. The van der Waals surface area contributed by atoms with Crippen LogP contribution in [0, 0.1) is 5.41 Å². The number of halogens is 1. The van der Waals surface area contributed by atoms with Crippen molar-refractivity contribution in [1.29, 1.82) is 0 Å². The molecule has 1 aromatic carbocycles. The SMILES string of the molecule is CCNC(=NCCNC(=O)c1cccc(Br)c1)N1CCC2(CCC2)C1. The highest BCUT2D eigenvalue weighted by Gasteiger charge is 2.43. The van der Waals surface area contributed by atoms with E-state index in [9.17, 15) is 4.79 Å². The lowest BCUT2D eigenvalue weighted by molar-refractivity contribution is 0.0954. The van der Waals surface area contributed by atoms with Gasteiger partial charge in [0.15, 0.2) is 5.96 Å². The number of nitrogens with one attached hydrogen (secondary N) is 2. The summed E-state index contributed by atoms with van der Waals surface area (Å²) in [4.78, 5) is 19.2. The minimum atomic E-state index is -0.0592. The summed E-state index contributed by atoms with van der Waals surface area (Å²) in [5, 5.41) is 6.33. The molecule has 5 nitrogen and oxygen atoms in total. The first kappa shape index (κ1) is 18.2. The van der Waals surface area contributed by atoms with Gasteiger partial charge in [-0.3, -0.25) is 9.79 Å². The van der Waals surface area contributed by atoms with Crippen molar-refractivity contribution in [2.75, 3.05) is 32.7 Å². The predicted octanol–water partition coefficient (Wildman–Crippen LogP) is 3.02. The third-order valence-corrected chi connectivity index (χ3v) is 5.73. The fraction of sp³-hybridized carbons (Fsp3) is 0.579. The molecule has 1 saturated heterocycles. The third-order valence-electron chi connectivity index (χ3n) is 5.23. The molecule has 1 spiro atoms. The fourth-order valence-corrected chi connectivity index (χ4v) is 4.09. The number of amides is 1. The quantitative estimate of drug-likeness (QED) is 0.448. The molecular weight excluding hydrogens is 380 g/mol. The van der Waals surface area contributed by atoms with E-state index in [1.165, 1.54) is 25.7 Å². The van der Waals surface area contributed by atoms with Crippen molar-refractivity contribution in [3.63, 3.8) is 0 Å². The van der Waals surface area contributed by atoms with Crippen LogP contribution in [0.15, 0.2) is 33.7 Å². The van der Waals surface area contributed by atoms with E-state index in [2.05, 4.69) is 38.4 Å². The Balaban J connectivity index is 1.49. The summed E-state index contributed by atoms with van der Waals surface area (Å²) in [6.45, 7) is 6.32. The Morgan fingerprint density at radius 1 is 1.32 bits per heavy atom. The van der Waals surface area contributed by atoms with Gasteiger partial charge in [0.2, 0.25) is 0 Å². The molecule has 0 atom stereocenters. The molecule has 0 radical (unpaired) electrons. The van der Waals surface area contributed by atoms with Crippen molar-refractivity contribution in [3.8, 4) is 0 Å². The Bertz CT molecular complexity index is 642. The molecule has 0 unspecified atom stereocenters. The van der Waals surface area contributed by atoms with Crippen molar-refractivity contribution in [2.45, 2.75) is 32.6 Å². The van der Waals surface area contributed by atoms with Gasteiger partial charge in [0.25, 0.3) is 5.91 Å². The monoisotopic (exact) mass is 406 g/mol. The first-order valence-electron chi connectivity index (χ1n) is 9.19. The van der Waals surface area contributed by atoms with E-state index >= 15 is 0 Å². The molecule has 0 aromatic heterocycles. The third kappa shape index (κ3) is 4.54. The Morgan fingerprint density at radius 2 is 2.16 bits per heavy atom. The summed E-state index contributed by atoms with van der Waals surface area (Å²) in [5.41, 5.74) is 1.22. The summed E-state index contributed by atoms with van der Waals surface area (Å²) in [7, 11) is 0. The molecule has 25 heavy (non-hydrogen) atoms. The maximum Gasteiger partial charge on any atom is 0.251 e. The minimum Gasteiger partial charge on any atom is -0.357 e. The van der Waals surface area contributed by atoms with Crippen LogP contribution >= 0.6 is 15.9 Å². The van der Waals surface area contributed by atoms with E-state index in [-0.39, 0.29) is 5.91 Å². The summed E-state index contributed by atoms with van der Waals surface area (Å²) >= 11 is 3.39. The van der Waals surface area contributed by atoms with E-state index in [0.717, 1.165) is 30.1 Å².